The van der Waals surface area contributed by atoms with Gasteiger partial charge in [-0.25, -0.2) is 9.97 Å². The number of rotatable bonds is 5. The average molecular weight is 278 g/mol. The SMILES string of the molecule is CCC1(C(=O)O)CCN(CC(=O)Nc2ncccn2)C1. The maximum absolute atomic E-state index is 11.9. The van der Waals surface area contributed by atoms with Crippen LogP contribution in [0.4, 0.5) is 5.95 Å². The van der Waals surface area contributed by atoms with E-state index in [1.165, 1.54) is 0 Å². The molecule has 0 aliphatic carbocycles. The van der Waals surface area contributed by atoms with Crippen molar-refractivity contribution in [2.24, 2.45) is 5.41 Å². The Labute approximate surface area is 117 Å². The molecule has 1 aromatic rings. The van der Waals surface area contributed by atoms with Gasteiger partial charge >= 0.3 is 5.97 Å². The van der Waals surface area contributed by atoms with E-state index < -0.39 is 11.4 Å². The molecule has 1 aliphatic rings. The van der Waals surface area contributed by atoms with Crippen LogP contribution in [0.1, 0.15) is 19.8 Å². The number of carboxylic acid groups (broad SMARTS) is 1. The second kappa shape index (κ2) is 5.96. The van der Waals surface area contributed by atoms with Crippen LogP contribution >= 0.6 is 0 Å². The molecule has 1 aliphatic heterocycles. The van der Waals surface area contributed by atoms with Gasteiger partial charge in [0, 0.05) is 18.9 Å². The van der Waals surface area contributed by atoms with Crippen molar-refractivity contribution in [3.63, 3.8) is 0 Å². The summed E-state index contributed by atoms with van der Waals surface area (Å²) in [6.07, 6.45) is 4.24. The highest BCUT2D eigenvalue weighted by Crippen LogP contribution is 2.33. The van der Waals surface area contributed by atoms with Gasteiger partial charge in [-0.3, -0.25) is 19.8 Å². The Hall–Kier alpha value is -2.02. The van der Waals surface area contributed by atoms with E-state index >= 15 is 0 Å². The first-order valence-electron chi connectivity index (χ1n) is 6.58. The van der Waals surface area contributed by atoms with Gasteiger partial charge < -0.3 is 5.11 Å². The highest BCUT2D eigenvalue weighted by atomic mass is 16.4. The van der Waals surface area contributed by atoms with Crippen LogP contribution in [0.25, 0.3) is 0 Å². The van der Waals surface area contributed by atoms with E-state index in [1.54, 1.807) is 18.5 Å². The Bertz CT molecular complexity index is 494. The third-order valence-electron chi connectivity index (χ3n) is 3.75. The van der Waals surface area contributed by atoms with Gasteiger partial charge in [0.15, 0.2) is 0 Å². The summed E-state index contributed by atoms with van der Waals surface area (Å²) in [6.45, 7) is 3.05. The predicted octanol–water partition coefficient (Wildman–Crippen LogP) is 0.602. The quantitative estimate of drug-likeness (QED) is 0.819. The van der Waals surface area contributed by atoms with E-state index in [1.807, 2.05) is 11.8 Å². The van der Waals surface area contributed by atoms with Crippen LogP contribution in [0.2, 0.25) is 0 Å². The molecule has 0 saturated carbocycles. The molecule has 1 aromatic heterocycles. The molecule has 2 heterocycles. The predicted molar refractivity (Wildman–Crippen MR) is 72.1 cm³/mol. The van der Waals surface area contributed by atoms with E-state index in [9.17, 15) is 14.7 Å². The summed E-state index contributed by atoms with van der Waals surface area (Å²) >= 11 is 0. The summed E-state index contributed by atoms with van der Waals surface area (Å²) in [7, 11) is 0. The van der Waals surface area contributed by atoms with Gasteiger partial charge in [-0.1, -0.05) is 6.92 Å². The van der Waals surface area contributed by atoms with Crippen LogP contribution in [0.5, 0.6) is 0 Å². The molecule has 0 radical (unpaired) electrons. The normalized spacial score (nSPS) is 22.6. The summed E-state index contributed by atoms with van der Waals surface area (Å²) in [5.41, 5.74) is -0.719. The third kappa shape index (κ3) is 3.11. The van der Waals surface area contributed by atoms with Crippen molar-refractivity contribution < 1.29 is 14.7 Å². The van der Waals surface area contributed by atoms with Crippen molar-refractivity contribution in [3.05, 3.63) is 18.5 Å². The van der Waals surface area contributed by atoms with Crippen molar-refractivity contribution >= 4 is 17.8 Å². The van der Waals surface area contributed by atoms with E-state index in [0.29, 0.717) is 25.9 Å². The highest BCUT2D eigenvalue weighted by Gasteiger charge is 2.43. The average Bonchev–Trinajstić information content (AvgIpc) is 2.84. The highest BCUT2D eigenvalue weighted by molar-refractivity contribution is 5.90. The number of carbonyl (C=O) groups excluding carboxylic acids is 1. The maximum Gasteiger partial charge on any atom is 0.310 e. The van der Waals surface area contributed by atoms with Crippen molar-refractivity contribution in [1.29, 1.82) is 0 Å². The molecule has 2 N–H and O–H groups in total. The lowest BCUT2D eigenvalue weighted by Crippen LogP contribution is -2.37. The third-order valence-corrected chi connectivity index (χ3v) is 3.75. The molecule has 0 aromatic carbocycles. The minimum absolute atomic E-state index is 0.160. The fourth-order valence-corrected chi connectivity index (χ4v) is 2.44. The standard InChI is InChI=1S/C13H18N4O3/c1-2-13(11(19)20)4-7-17(9-13)8-10(18)16-12-14-5-3-6-15-12/h3,5-6H,2,4,7-9H2,1H3,(H,19,20)(H,14,15,16,18). The zero-order valence-corrected chi connectivity index (χ0v) is 11.4. The van der Waals surface area contributed by atoms with Gasteiger partial charge in [-0.15, -0.1) is 0 Å². The number of amides is 1. The summed E-state index contributed by atoms with van der Waals surface area (Å²) in [4.78, 5) is 32.9. The number of likely N-dealkylation sites (tertiary alicyclic amines) is 1. The molecular formula is C13H18N4O3. The molecule has 2 rings (SSSR count). The minimum atomic E-state index is -0.783. The fourth-order valence-electron chi connectivity index (χ4n) is 2.44. The number of carboxylic acids is 1. The van der Waals surface area contributed by atoms with Gasteiger partial charge in [0.05, 0.1) is 12.0 Å². The Balaban J connectivity index is 1.89. The number of nitrogens with zero attached hydrogens (tertiary/aromatic N) is 3. The molecule has 1 unspecified atom stereocenters. The first kappa shape index (κ1) is 14.4. The Kier molecular flexibility index (Phi) is 4.29. The molecule has 108 valence electrons. The molecule has 1 amide bonds. The summed E-state index contributed by atoms with van der Waals surface area (Å²) in [6, 6.07) is 1.67. The Morgan fingerprint density at radius 2 is 2.15 bits per heavy atom. The van der Waals surface area contributed by atoms with Gasteiger partial charge in [0.25, 0.3) is 0 Å². The number of anilines is 1. The number of carbonyl (C=O) groups is 2. The van der Waals surface area contributed by atoms with Gasteiger partial charge in [-0.2, -0.15) is 0 Å². The zero-order valence-electron chi connectivity index (χ0n) is 11.4. The maximum atomic E-state index is 11.9. The summed E-state index contributed by atoms with van der Waals surface area (Å²) in [5, 5.41) is 11.9. The van der Waals surface area contributed by atoms with Gasteiger partial charge in [0.2, 0.25) is 11.9 Å². The van der Waals surface area contributed by atoms with E-state index in [0.717, 1.165) is 0 Å². The fraction of sp³-hybridized carbons (Fsp3) is 0.538. The lowest BCUT2D eigenvalue weighted by Gasteiger charge is -2.22. The van der Waals surface area contributed by atoms with Crippen molar-refractivity contribution in [1.82, 2.24) is 14.9 Å². The van der Waals surface area contributed by atoms with E-state index in [2.05, 4.69) is 15.3 Å². The molecule has 7 heteroatoms. The second-order valence-electron chi connectivity index (χ2n) is 5.02. The van der Waals surface area contributed by atoms with Crippen LogP contribution in [0.15, 0.2) is 18.5 Å². The molecule has 20 heavy (non-hydrogen) atoms. The van der Waals surface area contributed by atoms with Crippen LogP contribution in [0.3, 0.4) is 0 Å². The number of aliphatic carboxylic acids is 1. The molecule has 1 fully saturated rings. The summed E-state index contributed by atoms with van der Waals surface area (Å²) < 4.78 is 0. The number of nitrogens with one attached hydrogen (secondary N) is 1. The van der Waals surface area contributed by atoms with E-state index in [4.69, 9.17) is 0 Å². The van der Waals surface area contributed by atoms with Crippen molar-refractivity contribution in [2.75, 3.05) is 25.0 Å². The van der Waals surface area contributed by atoms with Crippen LogP contribution in [0, 0.1) is 5.41 Å². The lowest BCUT2D eigenvalue weighted by molar-refractivity contribution is -0.148. The molecular weight excluding hydrogens is 260 g/mol. The van der Waals surface area contributed by atoms with Crippen LogP contribution < -0.4 is 5.32 Å². The Morgan fingerprint density at radius 1 is 1.45 bits per heavy atom. The minimum Gasteiger partial charge on any atom is -0.481 e. The largest absolute Gasteiger partial charge is 0.481 e. The number of hydrogen-bond donors (Lipinski definition) is 2. The molecule has 1 saturated heterocycles. The first-order chi connectivity index (χ1) is 9.55. The van der Waals surface area contributed by atoms with Gasteiger partial charge in [-0.05, 0) is 25.5 Å². The zero-order chi connectivity index (χ0) is 14.6. The van der Waals surface area contributed by atoms with Crippen LogP contribution in [-0.2, 0) is 9.59 Å². The molecule has 0 spiro atoms. The first-order valence-corrected chi connectivity index (χ1v) is 6.58. The van der Waals surface area contributed by atoms with Crippen molar-refractivity contribution in [3.8, 4) is 0 Å². The number of hydrogen-bond acceptors (Lipinski definition) is 5. The van der Waals surface area contributed by atoms with Crippen molar-refractivity contribution in [2.45, 2.75) is 19.8 Å². The summed E-state index contributed by atoms with van der Waals surface area (Å²) in [5.74, 6) is -0.750. The number of aromatic nitrogens is 2. The Morgan fingerprint density at radius 3 is 2.70 bits per heavy atom. The topological polar surface area (TPSA) is 95.4 Å². The molecule has 0 bridgehead atoms. The lowest BCUT2D eigenvalue weighted by atomic mass is 9.84. The monoisotopic (exact) mass is 278 g/mol. The van der Waals surface area contributed by atoms with Crippen LogP contribution in [-0.4, -0.2) is 51.5 Å². The second-order valence-corrected chi connectivity index (χ2v) is 5.02. The molecule has 1 atom stereocenters. The smallest absolute Gasteiger partial charge is 0.310 e. The van der Waals surface area contributed by atoms with E-state index in [-0.39, 0.29) is 18.4 Å². The van der Waals surface area contributed by atoms with Gasteiger partial charge in [0.1, 0.15) is 0 Å². The molecule has 7 nitrogen and oxygen atoms in total.